The van der Waals surface area contributed by atoms with E-state index >= 15 is 0 Å². The van der Waals surface area contributed by atoms with Gasteiger partial charge in [-0.05, 0) is 56.4 Å². The Morgan fingerprint density at radius 2 is 1.67 bits per heavy atom. The molecule has 2 aromatic carbocycles. The quantitative estimate of drug-likeness (QED) is 0.576. The first-order valence-electron chi connectivity index (χ1n) is 11.4. The first-order valence-corrected chi connectivity index (χ1v) is 11.4. The molecule has 0 radical (unpaired) electrons. The van der Waals surface area contributed by atoms with Crippen LogP contribution in [-0.4, -0.2) is 76.0 Å². The standard InChI is InChI=1S/C26H36N4O3/c1-29(2)18-25(31)28-15-20-5-9-21(10-6-20)23-16-30(3)17-24(23)26(32)27-14-13-19-7-11-22(33-4)12-8-19/h5-12,23-24H,13-18H2,1-4H3,(H,27,32)(H,28,31)/t23-,24-/m0/s1. The summed E-state index contributed by atoms with van der Waals surface area (Å²) in [7, 11) is 7.46. The predicted octanol–water partition coefficient (Wildman–Crippen LogP) is 1.88. The van der Waals surface area contributed by atoms with Crippen LogP contribution in [-0.2, 0) is 22.6 Å². The number of ether oxygens (including phenoxy) is 1. The number of amides is 2. The number of carbonyl (C=O) groups is 2. The van der Waals surface area contributed by atoms with Crippen molar-refractivity contribution in [1.82, 2.24) is 20.4 Å². The highest BCUT2D eigenvalue weighted by molar-refractivity contribution is 5.80. The Labute approximate surface area is 197 Å². The number of rotatable bonds is 10. The van der Waals surface area contributed by atoms with Crippen LogP contribution in [0, 0.1) is 5.92 Å². The van der Waals surface area contributed by atoms with Crippen LogP contribution in [0.25, 0.3) is 0 Å². The van der Waals surface area contributed by atoms with Crippen LogP contribution in [0.3, 0.4) is 0 Å². The fourth-order valence-electron chi connectivity index (χ4n) is 4.28. The summed E-state index contributed by atoms with van der Waals surface area (Å²) in [6.45, 7) is 3.11. The van der Waals surface area contributed by atoms with Crippen molar-refractivity contribution >= 4 is 11.8 Å². The van der Waals surface area contributed by atoms with Gasteiger partial charge in [0, 0.05) is 32.1 Å². The van der Waals surface area contributed by atoms with Crippen molar-refractivity contribution in [1.29, 1.82) is 0 Å². The number of hydrogen-bond donors (Lipinski definition) is 2. The Hall–Kier alpha value is -2.90. The number of methoxy groups -OCH3 is 1. The molecule has 0 saturated carbocycles. The normalized spacial score (nSPS) is 18.3. The highest BCUT2D eigenvalue weighted by Crippen LogP contribution is 2.32. The maximum Gasteiger partial charge on any atom is 0.234 e. The summed E-state index contributed by atoms with van der Waals surface area (Å²) < 4.78 is 5.19. The van der Waals surface area contributed by atoms with Gasteiger partial charge in [-0.25, -0.2) is 0 Å². The summed E-state index contributed by atoms with van der Waals surface area (Å²) in [6, 6.07) is 16.2. The van der Waals surface area contributed by atoms with Gasteiger partial charge in [-0.3, -0.25) is 9.59 Å². The highest BCUT2D eigenvalue weighted by Gasteiger charge is 2.36. The molecule has 0 bridgehead atoms. The maximum atomic E-state index is 13.0. The summed E-state index contributed by atoms with van der Waals surface area (Å²) in [4.78, 5) is 28.9. The van der Waals surface area contributed by atoms with Crippen molar-refractivity contribution in [3.8, 4) is 5.75 Å². The Kier molecular flexibility index (Phi) is 8.86. The second-order valence-corrected chi connectivity index (χ2v) is 9.08. The molecule has 1 fully saturated rings. The molecule has 178 valence electrons. The molecule has 1 aliphatic heterocycles. The lowest BCUT2D eigenvalue weighted by Gasteiger charge is -2.19. The van der Waals surface area contributed by atoms with E-state index in [1.165, 1.54) is 5.56 Å². The van der Waals surface area contributed by atoms with Crippen molar-refractivity contribution in [2.75, 3.05) is 54.4 Å². The van der Waals surface area contributed by atoms with Gasteiger partial charge in [-0.15, -0.1) is 0 Å². The smallest absolute Gasteiger partial charge is 0.234 e. The topological polar surface area (TPSA) is 73.9 Å². The number of benzene rings is 2. The van der Waals surface area contributed by atoms with E-state index in [2.05, 4.69) is 34.7 Å². The molecule has 3 rings (SSSR count). The first kappa shape index (κ1) is 24.7. The van der Waals surface area contributed by atoms with Crippen LogP contribution >= 0.6 is 0 Å². The molecular formula is C26H36N4O3. The van der Waals surface area contributed by atoms with E-state index in [9.17, 15) is 9.59 Å². The van der Waals surface area contributed by atoms with Crippen LogP contribution in [0.5, 0.6) is 5.75 Å². The van der Waals surface area contributed by atoms with Gasteiger partial charge < -0.3 is 25.2 Å². The SMILES string of the molecule is COc1ccc(CCNC(=O)[C@H]2CN(C)C[C@H]2c2ccc(CNC(=O)CN(C)C)cc2)cc1. The van der Waals surface area contributed by atoms with E-state index < -0.39 is 0 Å². The molecular weight excluding hydrogens is 416 g/mol. The van der Waals surface area contributed by atoms with Crippen LogP contribution < -0.4 is 15.4 Å². The van der Waals surface area contributed by atoms with Gasteiger partial charge in [0.2, 0.25) is 11.8 Å². The molecule has 0 aromatic heterocycles. The lowest BCUT2D eigenvalue weighted by atomic mass is 9.88. The van der Waals surface area contributed by atoms with E-state index in [0.29, 0.717) is 19.6 Å². The maximum absolute atomic E-state index is 13.0. The summed E-state index contributed by atoms with van der Waals surface area (Å²) in [5.74, 6) is 1.04. The van der Waals surface area contributed by atoms with Crippen molar-refractivity contribution < 1.29 is 14.3 Å². The molecule has 1 heterocycles. The highest BCUT2D eigenvalue weighted by atomic mass is 16.5. The van der Waals surface area contributed by atoms with Crippen LogP contribution in [0.15, 0.2) is 48.5 Å². The van der Waals surface area contributed by atoms with E-state index in [-0.39, 0.29) is 23.7 Å². The fraction of sp³-hybridized carbons (Fsp3) is 0.462. The van der Waals surface area contributed by atoms with E-state index in [1.807, 2.05) is 55.4 Å². The molecule has 2 amide bonds. The minimum absolute atomic E-state index is 0.00729. The zero-order valence-electron chi connectivity index (χ0n) is 20.1. The Balaban J connectivity index is 1.53. The number of carbonyl (C=O) groups excluding carboxylic acids is 2. The van der Waals surface area contributed by atoms with E-state index in [1.54, 1.807) is 7.11 Å². The molecule has 7 nitrogen and oxygen atoms in total. The molecule has 0 unspecified atom stereocenters. The van der Waals surface area contributed by atoms with Gasteiger partial charge in [0.05, 0.1) is 19.6 Å². The van der Waals surface area contributed by atoms with Crippen molar-refractivity contribution in [3.63, 3.8) is 0 Å². The molecule has 33 heavy (non-hydrogen) atoms. The molecule has 2 aromatic rings. The molecule has 2 atom stereocenters. The molecule has 2 N–H and O–H groups in total. The van der Waals surface area contributed by atoms with Crippen molar-refractivity contribution in [3.05, 3.63) is 65.2 Å². The number of likely N-dealkylation sites (N-methyl/N-ethyl adjacent to an activating group) is 2. The van der Waals surface area contributed by atoms with Crippen molar-refractivity contribution in [2.24, 2.45) is 5.92 Å². The zero-order chi connectivity index (χ0) is 23.8. The summed E-state index contributed by atoms with van der Waals surface area (Å²) in [5, 5.41) is 6.07. The number of hydrogen-bond acceptors (Lipinski definition) is 5. The van der Waals surface area contributed by atoms with Gasteiger partial charge in [-0.1, -0.05) is 36.4 Å². The summed E-state index contributed by atoms with van der Waals surface area (Å²) >= 11 is 0. The lowest BCUT2D eigenvalue weighted by molar-refractivity contribution is -0.125. The Bertz CT molecular complexity index is 912. The predicted molar refractivity (Wildman–Crippen MR) is 130 cm³/mol. The summed E-state index contributed by atoms with van der Waals surface area (Å²) in [6.07, 6.45) is 0.789. The fourth-order valence-corrected chi connectivity index (χ4v) is 4.28. The average Bonchev–Trinajstić information content (AvgIpc) is 3.20. The minimum Gasteiger partial charge on any atom is -0.497 e. The van der Waals surface area contributed by atoms with Crippen LogP contribution in [0.2, 0.25) is 0 Å². The zero-order valence-corrected chi connectivity index (χ0v) is 20.1. The molecule has 7 heteroatoms. The monoisotopic (exact) mass is 452 g/mol. The van der Waals surface area contributed by atoms with E-state index in [0.717, 1.165) is 36.4 Å². The first-order chi connectivity index (χ1) is 15.9. The summed E-state index contributed by atoms with van der Waals surface area (Å²) in [5.41, 5.74) is 3.39. The number of nitrogens with one attached hydrogen (secondary N) is 2. The minimum atomic E-state index is -0.0727. The second kappa shape index (κ2) is 11.8. The largest absolute Gasteiger partial charge is 0.497 e. The third kappa shape index (κ3) is 7.30. The second-order valence-electron chi connectivity index (χ2n) is 9.08. The number of nitrogens with zero attached hydrogens (tertiary/aromatic N) is 2. The molecule has 0 aliphatic carbocycles. The molecule has 1 aliphatic rings. The average molecular weight is 453 g/mol. The van der Waals surface area contributed by atoms with Gasteiger partial charge >= 0.3 is 0 Å². The Morgan fingerprint density at radius 3 is 2.30 bits per heavy atom. The van der Waals surface area contributed by atoms with Crippen LogP contribution in [0.4, 0.5) is 0 Å². The van der Waals surface area contributed by atoms with Gasteiger partial charge in [0.25, 0.3) is 0 Å². The third-order valence-electron chi connectivity index (χ3n) is 6.07. The Morgan fingerprint density at radius 1 is 1.00 bits per heavy atom. The van der Waals surface area contributed by atoms with Gasteiger partial charge in [-0.2, -0.15) is 0 Å². The molecule has 0 spiro atoms. The lowest BCUT2D eigenvalue weighted by Crippen LogP contribution is -2.35. The van der Waals surface area contributed by atoms with E-state index in [4.69, 9.17) is 4.74 Å². The number of likely N-dealkylation sites (tertiary alicyclic amines) is 1. The third-order valence-corrected chi connectivity index (χ3v) is 6.07. The molecule has 1 saturated heterocycles. The van der Waals surface area contributed by atoms with Crippen LogP contribution in [0.1, 0.15) is 22.6 Å². The van der Waals surface area contributed by atoms with Crippen molar-refractivity contribution in [2.45, 2.75) is 18.9 Å². The van der Waals surface area contributed by atoms with Gasteiger partial charge in [0.1, 0.15) is 5.75 Å². The van der Waals surface area contributed by atoms with Gasteiger partial charge in [0.15, 0.2) is 0 Å².